The summed E-state index contributed by atoms with van der Waals surface area (Å²) in [7, 11) is 3.15. The number of rotatable bonds is 17. The number of aryl methyl sites for hydroxylation is 1. The number of aliphatic hydroxyl groups is 1. The number of nitrogens with zero attached hydrogens (tertiary/aromatic N) is 7. The molecule has 7 rings (SSSR count). The summed E-state index contributed by atoms with van der Waals surface area (Å²) in [6, 6.07) is 12.8. The van der Waals surface area contributed by atoms with Crippen molar-refractivity contribution in [3.63, 3.8) is 0 Å². The van der Waals surface area contributed by atoms with Crippen molar-refractivity contribution in [2.75, 3.05) is 77.2 Å². The quantitative estimate of drug-likeness (QED) is 0.0601. The van der Waals surface area contributed by atoms with Crippen LogP contribution in [0.4, 0.5) is 16.6 Å². The molecule has 3 aromatic heterocycles. The highest BCUT2D eigenvalue weighted by molar-refractivity contribution is 7.13. The third kappa shape index (κ3) is 13.7. The standard InChI is InChI=1S/C52H70N12O7S/c1-31(33-12-14-34(15-13-33)43-32(2)55-30-72-43)56-47(67)41-25-37(65)28-64(41)48(68)44(51(3,4)5)57-42(66)29-63-20-18-62(19-21-63)17-11-16-53-49-54-27-36-24-40(35-22-38(70-9)26-39(23-35)71-10)46(58-45(36)59-49)60-50(69)61-52(6,7)8/h12-15,22-24,26-27,30-31,37,41,44,65H,11,16-21,25,28-29H2,1-10H3,(H,56,67)(H,57,66)(H3,53,54,58,59,60,61,69)/t31-,37-,41+,44-/m1/s1. The Labute approximate surface area is 425 Å². The number of carbonyl (C=O) groups is 4. The predicted molar refractivity (Wildman–Crippen MR) is 280 cm³/mol. The number of piperazine rings is 1. The van der Waals surface area contributed by atoms with Crippen LogP contribution >= 0.6 is 11.3 Å². The number of nitrogens with one attached hydrogen (secondary N) is 5. The van der Waals surface area contributed by atoms with Crippen molar-refractivity contribution in [2.45, 2.75) is 98.0 Å². The van der Waals surface area contributed by atoms with E-state index in [0.717, 1.165) is 53.3 Å². The van der Waals surface area contributed by atoms with Gasteiger partial charge in [0.25, 0.3) is 0 Å². The number of urea groups is 1. The summed E-state index contributed by atoms with van der Waals surface area (Å²) in [5, 5.41) is 26.6. The molecule has 2 saturated heterocycles. The van der Waals surface area contributed by atoms with Crippen molar-refractivity contribution in [3.8, 4) is 33.1 Å². The topological polar surface area (TPSA) is 228 Å². The van der Waals surface area contributed by atoms with Gasteiger partial charge >= 0.3 is 6.03 Å². The molecule has 0 spiro atoms. The number of fused-ring (bicyclic) bond motifs is 1. The normalized spacial score (nSPS) is 17.5. The van der Waals surface area contributed by atoms with E-state index in [1.807, 2.05) is 103 Å². The van der Waals surface area contributed by atoms with Crippen molar-refractivity contribution < 1.29 is 33.8 Å². The van der Waals surface area contributed by atoms with Gasteiger partial charge in [0.1, 0.15) is 29.4 Å². The fourth-order valence-electron chi connectivity index (χ4n) is 8.91. The number of carbonyl (C=O) groups excluding carboxylic acids is 4. The second-order valence-corrected chi connectivity index (χ2v) is 21.6. The molecule has 4 atom stereocenters. The largest absolute Gasteiger partial charge is 0.497 e. The van der Waals surface area contributed by atoms with Crippen molar-refractivity contribution >= 4 is 57.9 Å². The number of hydrogen-bond donors (Lipinski definition) is 6. The van der Waals surface area contributed by atoms with Crippen LogP contribution in [0.5, 0.6) is 11.5 Å². The van der Waals surface area contributed by atoms with Gasteiger partial charge in [0, 0.05) is 74.4 Å². The van der Waals surface area contributed by atoms with Gasteiger partial charge in [0.2, 0.25) is 23.7 Å². The lowest BCUT2D eigenvalue weighted by Gasteiger charge is -2.37. The van der Waals surface area contributed by atoms with Gasteiger partial charge in [-0.3, -0.25) is 24.6 Å². The number of amides is 5. The van der Waals surface area contributed by atoms with Gasteiger partial charge in [0.15, 0.2) is 5.65 Å². The maximum Gasteiger partial charge on any atom is 0.320 e. The number of methoxy groups -OCH3 is 2. The molecule has 2 aromatic carbocycles. The first-order valence-corrected chi connectivity index (χ1v) is 25.3. The Morgan fingerprint density at radius 3 is 2.18 bits per heavy atom. The van der Waals surface area contributed by atoms with Crippen LogP contribution < -0.4 is 36.1 Å². The number of aliphatic hydroxyl groups excluding tert-OH is 1. The molecule has 19 nitrogen and oxygen atoms in total. The summed E-state index contributed by atoms with van der Waals surface area (Å²) < 4.78 is 11.0. The average Bonchev–Trinajstić information content (AvgIpc) is 3.96. The van der Waals surface area contributed by atoms with E-state index in [9.17, 15) is 24.3 Å². The lowest BCUT2D eigenvalue weighted by Crippen LogP contribution is -2.59. The van der Waals surface area contributed by atoms with E-state index in [1.54, 1.807) is 37.8 Å². The summed E-state index contributed by atoms with van der Waals surface area (Å²) in [5.41, 5.74) is 5.37. The first-order chi connectivity index (χ1) is 34.2. The molecular weight excluding hydrogens is 937 g/mol. The van der Waals surface area contributed by atoms with Crippen LogP contribution in [-0.2, 0) is 14.4 Å². The van der Waals surface area contributed by atoms with E-state index >= 15 is 0 Å². The molecule has 0 unspecified atom stereocenters. The number of pyridine rings is 1. The third-order valence-electron chi connectivity index (χ3n) is 12.8. The molecule has 2 aliphatic heterocycles. The maximum absolute atomic E-state index is 14.3. The third-order valence-corrected chi connectivity index (χ3v) is 13.8. The van der Waals surface area contributed by atoms with E-state index in [-0.39, 0.29) is 37.4 Å². The Morgan fingerprint density at radius 2 is 1.56 bits per heavy atom. The molecule has 5 heterocycles. The minimum Gasteiger partial charge on any atom is -0.497 e. The monoisotopic (exact) mass is 1010 g/mol. The number of hydrogen-bond acceptors (Lipinski definition) is 15. The molecule has 5 aromatic rings. The van der Waals surface area contributed by atoms with Gasteiger partial charge in [-0.2, -0.15) is 4.98 Å². The number of benzene rings is 2. The summed E-state index contributed by atoms with van der Waals surface area (Å²) in [6.07, 6.45) is 1.75. The second kappa shape index (κ2) is 22.9. The van der Waals surface area contributed by atoms with Crippen LogP contribution in [-0.4, -0.2) is 154 Å². The van der Waals surface area contributed by atoms with Crippen LogP contribution in [0.1, 0.15) is 78.6 Å². The molecule has 2 fully saturated rings. The Morgan fingerprint density at radius 1 is 0.875 bits per heavy atom. The van der Waals surface area contributed by atoms with E-state index in [2.05, 4.69) is 51.3 Å². The smallest absolute Gasteiger partial charge is 0.320 e. The van der Waals surface area contributed by atoms with Crippen molar-refractivity contribution in [3.05, 3.63) is 71.5 Å². The Bertz CT molecular complexity index is 2690. The van der Waals surface area contributed by atoms with Crippen LogP contribution in [0.15, 0.2) is 60.2 Å². The molecule has 0 saturated carbocycles. The number of β-amino-alcohol motifs (C(OH)–C–C–N with tert-alkyl or cyclic N) is 1. The summed E-state index contributed by atoms with van der Waals surface area (Å²) in [5.74, 6) is 0.875. The lowest BCUT2D eigenvalue weighted by atomic mass is 9.85. The number of thiazole rings is 1. The number of likely N-dealkylation sites (tertiary alicyclic amines) is 1. The summed E-state index contributed by atoms with van der Waals surface area (Å²) in [4.78, 5) is 80.0. The predicted octanol–water partition coefficient (Wildman–Crippen LogP) is 5.85. The minimum atomic E-state index is -0.915. The summed E-state index contributed by atoms with van der Waals surface area (Å²) in [6.45, 7) is 19.6. The highest BCUT2D eigenvalue weighted by atomic mass is 32.1. The zero-order valence-electron chi connectivity index (χ0n) is 43.1. The minimum absolute atomic E-state index is 0.00162. The SMILES string of the molecule is COc1cc(OC)cc(-c2cc3cnc(NCCCN4CCN(CC(=O)N[C@H](C(=O)N5C[C@H](O)C[C@H]5C(=O)N[C@H](C)c5ccc(-c6scnc6C)cc5)C(C)(C)C)CC4)nc3nc2NC(=O)NC(C)(C)C)c1. The lowest BCUT2D eigenvalue weighted by molar-refractivity contribution is -0.144. The van der Waals surface area contributed by atoms with Gasteiger partial charge in [0.05, 0.1) is 49.0 Å². The molecular formula is C52H70N12O7S. The van der Waals surface area contributed by atoms with Gasteiger partial charge in [-0.25, -0.2) is 19.7 Å². The first kappa shape index (κ1) is 53.3. The highest BCUT2D eigenvalue weighted by Crippen LogP contribution is 2.36. The van der Waals surface area contributed by atoms with Crippen molar-refractivity contribution in [2.24, 2.45) is 5.41 Å². The van der Waals surface area contributed by atoms with E-state index in [4.69, 9.17) is 14.5 Å². The van der Waals surface area contributed by atoms with Crippen molar-refractivity contribution in [1.82, 2.24) is 50.6 Å². The Kier molecular flexibility index (Phi) is 17.0. The van der Waals surface area contributed by atoms with Crippen LogP contribution in [0.2, 0.25) is 0 Å². The zero-order chi connectivity index (χ0) is 51.9. The van der Waals surface area contributed by atoms with Gasteiger partial charge in [-0.1, -0.05) is 45.0 Å². The van der Waals surface area contributed by atoms with Crippen molar-refractivity contribution in [1.29, 1.82) is 0 Å². The van der Waals surface area contributed by atoms with Gasteiger partial charge in [-0.05, 0) is 87.9 Å². The molecule has 72 heavy (non-hydrogen) atoms. The highest BCUT2D eigenvalue weighted by Gasteiger charge is 2.45. The molecule has 0 aliphatic carbocycles. The van der Waals surface area contributed by atoms with Crippen LogP contribution in [0.25, 0.3) is 32.6 Å². The Balaban J connectivity index is 0.890. The number of aromatic nitrogens is 4. The molecule has 5 amide bonds. The second-order valence-electron chi connectivity index (χ2n) is 20.7. The van der Waals surface area contributed by atoms with Crippen LogP contribution in [0.3, 0.4) is 0 Å². The number of ether oxygens (including phenoxy) is 2. The molecule has 386 valence electrons. The Hall–Kier alpha value is -6.48. The fraction of sp³-hybridized carbons (Fsp3) is 0.500. The molecule has 0 radical (unpaired) electrons. The van der Waals surface area contributed by atoms with Gasteiger partial charge < -0.3 is 45.6 Å². The summed E-state index contributed by atoms with van der Waals surface area (Å²) >= 11 is 1.58. The van der Waals surface area contributed by atoms with E-state index < -0.39 is 41.1 Å². The molecule has 0 bridgehead atoms. The van der Waals surface area contributed by atoms with E-state index in [1.165, 1.54) is 4.90 Å². The van der Waals surface area contributed by atoms with Crippen LogP contribution in [0, 0.1) is 12.3 Å². The molecule has 20 heteroatoms. The molecule has 2 aliphatic rings. The average molecular weight is 1010 g/mol. The zero-order valence-corrected chi connectivity index (χ0v) is 43.9. The maximum atomic E-state index is 14.3. The number of anilines is 2. The molecule has 6 N–H and O–H groups in total. The van der Waals surface area contributed by atoms with Gasteiger partial charge in [-0.15, -0.1) is 11.3 Å². The first-order valence-electron chi connectivity index (χ1n) is 24.5. The van der Waals surface area contributed by atoms with E-state index in [0.29, 0.717) is 59.5 Å². The fourth-order valence-corrected chi connectivity index (χ4v) is 9.72.